The molecule has 0 radical (unpaired) electrons. The van der Waals surface area contributed by atoms with Crippen molar-refractivity contribution in [3.8, 4) is 0 Å². The minimum absolute atomic E-state index is 0.111. The highest BCUT2D eigenvalue weighted by atomic mass is 16.2. The van der Waals surface area contributed by atoms with E-state index in [2.05, 4.69) is 4.98 Å². The fraction of sp³-hybridized carbons (Fsp3) is 0.500. The van der Waals surface area contributed by atoms with Gasteiger partial charge in [0.15, 0.2) is 0 Å². The molecule has 2 N–H and O–H groups in total. The van der Waals surface area contributed by atoms with Crippen molar-refractivity contribution in [2.45, 2.75) is 32.2 Å². The number of piperidine rings is 1. The molecule has 0 bridgehead atoms. The molecule has 86 valence electrons. The van der Waals surface area contributed by atoms with Crippen molar-refractivity contribution in [2.75, 3.05) is 12.3 Å². The Kier molecular flexibility index (Phi) is 3.08. The Morgan fingerprint density at radius 1 is 1.56 bits per heavy atom. The van der Waals surface area contributed by atoms with Crippen LogP contribution in [0.15, 0.2) is 18.3 Å². The Balaban J connectivity index is 2.30. The number of nitrogen functional groups attached to an aromatic ring is 1. The number of likely N-dealkylation sites (tertiary alicyclic amines) is 1. The highest BCUT2D eigenvalue weighted by Crippen LogP contribution is 2.32. The van der Waals surface area contributed by atoms with Crippen LogP contribution in [-0.2, 0) is 4.79 Å². The van der Waals surface area contributed by atoms with Crippen LogP contribution in [-0.4, -0.2) is 22.3 Å². The van der Waals surface area contributed by atoms with Crippen LogP contribution in [0.4, 0.5) is 5.82 Å². The van der Waals surface area contributed by atoms with Gasteiger partial charge in [-0.1, -0.05) is 6.07 Å². The molecule has 4 nitrogen and oxygen atoms in total. The maximum absolute atomic E-state index is 11.6. The summed E-state index contributed by atoms with van der Waals surface area (Å²) in [6, 6.07) is 3.95. The number of rotatable bonds is 1. The van der Waals surface area contributed by atoms with Crippen LogP contribution < -0.4 is 5.73 Å². The summed E-state index contributed by atoms with van der Waals surface area (Å²) in [5.74, 6) is 0.661. The number of nitrogens with zero attached hydrogens (tertiary/aromatic N) is 2. The van der Waals surface area contributed by atoms with Crippen molar-refractivity contribution in [1.82, 2.24) is 9.88 Å². The maximum Gasteiger partial charge on any atom is 0.219 e. The van der Waals surface area contributed by atoms with E-state index in [0.717, 1.165) is 31.4 Å². The van der Waals surface area contributed by atoms with E-state index in [4.69, 9.17) is 5.73 Å². The molecule has 1 saturated heterocycles. The van der Waals surface area contributed by atoms with Gasteiger partial charge in [-0.2, -0.15) is 0 Å². The van der Waals surface area contributed by atoms with E-state index in [1.807, 2.05) is 17.0 Å². The van der Waals surface area contributed by atoms with Gasteiger partial charge in [0, 0.05) is 25.2 Å². The number of carbonyl (C=O) groups excluding carboxylic acids is 1. The van der Waals surface area contributed by atoms with Crippen molar-refractivity contribution in [1.29, 1.82) is 0 Å². The topological polar surface area (TPSA) is 59.2 Å². The molecular formula is C12H17N3O. The summed E-state index contributed by atoms with van der Waals surface area (Å²) in [6.45, 7) is 2.44. The van der Waals surface area contributed by atoms with Gasteiger partial charge >= 0.3 is 0 Å². The van der Waals surface area contributed by atoms with Crippen molar-refractivity contribution in [2.24, 2.45) is 0 Å². The molecule has 1 unspecified atom stereocenters. The van der Waals surface area contributed by atoms with E-state index in [9.17, 15) is 4.79 Å². The zero-order valence-corrected chi connectivity index (χ0v) is 9.52. The molecule has 0 aliphatic carbocycles. The SMILES string of the molecule is CC(=O)N1CCCCC1c1cccnc1N. The minimum atomic E-state index is 0.111. The average molecular weight is 219 g/mol. The molecule has 4 heteroatoms. The highest BCUT2D eigenvalue weighted by molar-refractivity contribution is 5.74. The van der Waals surface area contributed by atoms with Crippen LogP contribution in [0.25, 0.3) is 0 Å². The number of pyridine rings is 1. The van der Waals surface area contributed by atoms with Crippen molar-refractivity contribution in [3.63, 3.8) is 0 Å². The highest BCUT2D eigenvalue weighted by Gasteiger charge is 2.27. The summed E-state index contributed by atoms with van der Waals surface area (Å²) in [6.07, 6.45) is 4.88. The lowest BCUT2D eigenvalue weighted by molar-refractivity contribution is -0.132. The normalized spacial score (nSPS) is 20.8. The van der Waals surface area contributed by atoms with E-state index < -0.39 is 0 Å². The summed E-state index contributed by atoms with van der Waals surface area (Å²) in [5.41, 5.74) is 6.85. The summed E-state index contributed by atoms with van der Waals surface area (Å²) in [4.78, 5) is 17.5. The fourth-order valence-electron chi connectivity index (χ4n) is 2.34. The predicted molar refractivity (Wildman–Crippen MR) is 62.6 cm³/mol. The Morgan fingerprint density at radius 3 is 3.06 bits per heavy atom. The van der Waals surface area contributed by atoms with Gasteiger partial charge in [-0.05, 0) is 25.3 Å². The molecule has 1 aliphatic heterocycles. The number of hydrogen-bond acceptors (Lipinski definition) is 3. The molecule has 2 rings (SSSR count). The first kappa shape index (κ1) is 10.9. The smallest absolute Gasteiger partial charge is 0.219 e. The molecule has 1 aromatic rings. The zero-order chi connectivity index (χ0) is 11.5. The minimum Gasteiger partial charge on any atom is -0.383 e. The molecule has 1 aliphatic rings. The van der Waals surface area contributed by atoms with Gasteiger partial charge in [-0.25, -0.2) is 4.98 Å². The van der Waals surface area contributed by atoms with Crippen LogP contribution in [0.5, 0.6) is 0 Å². The van der Waals surface area contributed by atoms with Gasteiger partial charge in [0.2, 0.25) is 5.91 Å². The first-order valence-electron chi connectivity index (χ1n) is 5.67. The van der Waals surface area contributed by atoms with Gasteiger partial charge in [-0.15, -0.1) is 0 Å². The molecular weight excluding hydrogens is 202 g/mol. The van der Waals surface area contributed by atoms with E-state index >= 15 is 0 Å². The number of hydrogen-bond donors (Lipinski definition) is 1. The Labute approximate surface area is 95.5 Å². The second-order valence-electron chi connectivity index (χ2n) is 4.20. The first-order valence-corrected chi connectivity index (χ1v) is 5.67. The number of anilines is 1. The van der Waals surface area contributed by atoms with E-state index in [0.29, 0.717) is 5.82 Å². The number of amides is 1. The average Bonchev–Trinajstić information content (AvgIpc) is 2.29. The van der Waals surface area contributed by atoms with Gasteiger partial charge in [0.05, 0.1) is 6.04 Å². The predicted octanol–water partition coefficient (Wildman–Crippen LogP) is 1.74. The molecule has 0 spiro atoms. The van der Waals surface area contributed by atoms with Crippen LogP contribution in [0, 0.1) is 0 Å². The van der Waals surface area contributed by atoms with E-state index in [1.54, 1.807) is 13.1 Å². The fourth-order valence-corrected chi connectivity index (χ4v) is 2.34. The summed E-state index contributed by atoms with van der Waals surface area (Å²) in [5, 5.41) is 0. The van der Waals surface area contributed by atoms with Crippen molar-refractivity contribution in [3.05, 3.63) is 23.9 Å². The zero-order valence-electron chi connectivity index (χ0n) is 9.52. The Hall–Kier alpha value is -1.58. The third-order valence-corrected chi connectivity index (χ3v) is 3.14. The Morgan fingerprint density at radius 2 is 2.38 bits per heavy atom. The lowest BCUT2D eigenvalue weighted by Crippen LogP contribution is -2.37. The van der Waals surface area contributed by atoms with Crippen LogP contribution >= 0.6 is 0 Å². The second-order valence-corrected chi connectivity index (χ2v) is 4.20. The first-order chi connectivity index (χ1) is 7.70. The summed E-state index contributed by atoms with van der Waals surface area (Å²) in [7, 11) is 0. The molecule has 0 aromatic carbocycles. The van der Waals surface area contributed by atoms with Gasteiger partial charge in [0.1, 0.15) is 5.82 Å². The molecule has 1 amide bonds. The summed E-state index contributed by atoms with van der Waals surface area (Å²) < 4.78 is 0. The maximum atomic E-state index is 11.6. The van der Waals surface area contributed by atoms with Crippen LogP contribution in [0.1, 0.15) is 37.8 Å². The monoisotopic (exact) mass is 219 g/mol. The molecule has 16 heavy (non-hydrogen) atoms. The van der Waals surface area contributed by atoms with Gasteiger partial charge in [0.25, 0.3) is 0 Å². The second kappa shape index (κ2) is 4.51. The largest absolute Gasteiger partial charge is 0.383 e. The standard InChI is InChI=1S/C12H17N3O/c1-9(16)15-8-3-2-6-11(15)10-5-4-7-14-12(10)13/h4-5,7,11H,2-3,6,8H2,1H3,(H2,13,14). The Bertz CT molecular complexity index is 392. The molecule has 1 fully saturated rings. The lowest BCUT2D eigenvalue weighted by atomic mass is 9.95. The van der Waals surface area contributed by atoms with Gasteiger partial charge in [-0.3, -0.25) is 4.79 Å². The number of nitrogens with two attached hydrogens (primary N) is 1. The molecule has 2 heterocycles. The third-order valence-electron chi connectivity index (χ3n) is 3.14. The van der Waals surface area contributed by atoms with Crippen LogP contribution in [0.3, 0.4) is 0 Å². The molecule has 1 aromatic heterocycles. The van der Waals surface area contributed by atoms with E-state index in [1.165, 1.54) is 0 Å². The van der Waals surface area contributed by atoms with Crippen molar-refractivity contribution < 1.29 is 4.79 Å². The van der Waals surface area contributed by atoms with Crippen LogP contribution in [0.2, 0.25) is 0 Å². The summed E-state index contributed by atoms with van der Waals surface area (Å²) >= 11 is 0. The number of aromatic nitrogens is 1. The number of carbonyl (C=O) groups is 1. The van der Waals surface area contributed by atoms with Gasteiger partial charge < -0.3 is 10.6 Å². The third kappa shape index (κ3) is 2.01. The quantitative estimate of drug-likeness (QED) is 0.782. The van der Waals surface area contributed by atoms with E-state index in [-0.39, 0.29) is 11.9 Å². The molecule has 0 saturated carbocycles. The molecule has 1 atom stereocenters. The van der Waals surface area contributed by atoms with Crippen molar-refractivity contribution >= 4 is 11.7 Å². The lowest BCUT2D eigenvalue weighted by Gasteiger charge is -2.35.